The topological polar surface area (TPSA) is 56.3 Å². The molecule has 2 rings (SSSR count). The Kier molecular flexibility index (Phi) is 4.74. The Morgan fingerprint density at radius 3 is 3.00 bits per heavy atom. The van der Waals surface area contributed by atoms with E-state index in [4.69, 9.17) is 10.5 Å². The Morgan fingerprint density at radius 2 is 2.50 bits per heavy atom. The van der Waals surface area contributed by atoms with E-state index in [1.807, 2.05) is 17.9 Å². The lowest BCUT2D eigenvalue weighted by Gasteiger charge is -2.31. The first kappa shape index (κ1) is 13.5. The van der Waals surface area contributed by atoms with Crippen molar-refractivity contribution in [1.29, 1.82) is 0 Å². The van der Waals surface area contributed by atoms with Crippen LogP contribution in [-0.2, 0) is 11.8 Å². The van der Waals surface area contributed by atoms with E-state index in [9.17, 15) is 0 Å². The lowest BCUT2D eigenvalue weighted by molar-refractivity contribution is 0.0601. The second-order valence-electron chi connectivity index (χ2n) is 4.92. The average Bonchev–Trinajstić information content (AvgIpc) is 3.01. The van der Waals surface area contributed by atoms with Crippen LogP contribution in [0, 0.1) is 0 Å². The third kappa shape index (κ3) is 3.10. The van der Waals surface area contributed by atoms with E-state index < -0.39 is 0 Å². The Balaban J connectivity index is 2.03. The maximum Gasteiger partial charge on any atom is 0.0703 e. The summed E-state index contributed by atoms with van der Waals surface area (Å²) in [7, 11) is 1.94. The van der Waals surface area contributed by atoms with Crippen LogP contribution < -0.4 is 5.73 Å². The van der Waals surface area contributed by atoms with Gasteiger partial charge in [-0.05, 0) is 19.4 Å². The van der Waals surface area contributed by atoms with Crippen molar-refractivity contribution in [3.8, 4) is 0 Å². The van der Waals surface area contributed by atoms with Crippen LogP contribution in [0.4, 0.5) is 0 Å². The van der Waals surface area contributed by atoms with Crippen LogP contribution in [0.5, 0.6) is 0 Å². The van der Waals surface area contributed by atoms with Crippen LogP contribution in [0.3, 0.4) is 0 Å². The number of ether oxygens (including phenoxy) is 1. The van der Waals surface area contributed by atoms with Crippen molar-refractivity contribution in [3.63, 3.8) is 0 Å². The molecule has 0 aromatic carbocycles. The summed E-state index contributed by atoms with van der Waals surface area (Å²) in [5.74, 6) is 0. The predicted molar refractivity (Wildman–Crippen MR) is 71.2 cm³/mol. The molecule has 2 N–H and O–H groups in total. The molecule has 1 saturated heterocycles. The highest BCUT2D eigenvalue weighted by atomic mass is 16.5. The van der Waals surface area contributed by atoms with Crippen LogP contribution >= 0.6 is 0 Å². The molecule has 1 aromatic heterocycles. The summed E-state index contributed by atoms with van der Waals surface area (Å²) < 4.78 is 7.55. The zero-order chi connectivity index (χ0) is 13.0. The molecule has 2 atom stereocenters. The first-order valence-electron chi connectivity index (χ1n) is 6.78. The maximum absolute atomic E-state index is 5.95. The molecule has 0 aliphatic carbocycles. The third-order valence-corrected chi connectivity index (χ3v) is 3.64. The third-order valence-electron chi connectivity index (χ3n) is 3.64. The minimum Gasteiger partial charge on any atom is -0.377 e. The molecule has 5 heteroatoms. The van der Waals surface area contributed by atoms with E-state index in [1.54, 1.807) is 0 Å². The van der Waals surface area contributed by atoms with Gasteiger partial charge in [0.05, 0.1) is 18.3 Å². The smallest absolute Gasteiger partial charge is 0.0703 e. The molecule has 1 aliphatic rings. The van der Waals surface area contributed by atoms with Crippen LogP contribution in [0.2, 0.25) is 0 Å². The second-order valence-corrected chi connectivity index (χ2v) is 4.92. The van der Waals surface area contributed by atoms with E-state index >= 15 is 0 Å². The van der Waals surface area contributed by atoms with E-state index in [0.717, 1.165) is 19.7 Å². The molecule has 18 heavy (non-hydrogen) atoms. The summed E-state index contributed by atoms with van der Waals surface area (Å²) in [6, 6.07) is 0.243. The first-order valence-corrected chi connectivity index (χ1v) is 6.78. The fraction of sp³-hybridized carbons (Fsp3) is 0.769. The summed E-state index contributed by atoms with van der Waals surface area (Å²) in [6.45, 7) is 5.65. The summed E-state index contributed by atoms with van der Waals surface area (Å²) in [5.41, 5.74) is 7.14. The quantitative estimate of drug-likeness (QED) is 0.818. The second kappa shape index (κ2) is 6.31. The molecule has 1 aliphatic heterocycles. The van der Waals surface area contributed by atoms with Gasteiger partial charge in [0.1, 0.15) is 0 Å². The Hall–Kier alpha value is -0.910. The van der Waals surface area contributed by atoms with Crippen molar-refractivity contribution < 1.29 is 4.74 Å². The molecule has 0 spiro atoms. The van der Waals surface area contributed by atoms with E-state index in [1.165, 1.54) is 18.4 Å². The van der Waals surface area contributed by atoms with Gasteiger partial charge in [0.25, 0.3) is 0 Å². The monoisotopic (exact) mass is 252 g/mol. The lowest BCUT2D eigenvalue weighted by atomic mass is 10.1. The average molecular weight is 252 g/mol. The lowest BCUT2D eigenvalue weighted by Crippen LogP contribution is -2.38. The predicted octanol–water partition coefficient (Wildman–Crippen LogP) is 0.921. The molecule has 1 aromatic rings. The van der Waals surface area contributed by atoms with Gasteiger partial charge in [-0.2, -0.15) is 5.10 Å². The van der Waals surface area contributed by atoms with E-state index in [2.05, 4.69) is 23.1 Å². The van der Waals surface area contributed by atoms with Crippen molar-refractivity contribution in [3.05, 3.63) is 18.0 Å². The van der Waals surface area contributed by atoms with Crippen LogP contribution in [-0.4, -0.2) is 47.0 Å². The molecule has 0 radical (unpaired) electrons. The van der Waals surface area contributed by atoms with Gasteiger partial charge >= 0.3 is 0 Å². The number of hydrogen-bond donors (Lipinski definition) is 1. The zero-order valence-electron chi connectivity index (χ0n) is 11.4. The summed E-state index contributed by atoms with van der Waals surface area (Å²) in [6.07, 6.45) is 6.69. The van der Waals surface area contributed by atoms with Gasteiger partial charge in [0.2, 0.25) is 0 Å². The van der Waals surface area contributed by atoms with Gasteiger partial charge in [-0.1, -0.05) is 6.92 Å². The summed E-state index contributed by atoms with van der Waals surface area (Å²) in [4.78, 5) is 2.40. The van der Waals surface area contributed by atoms with Crippen molar-refractivity contribution in [2.45, 2.75) is 31.9 Å². The fourth-order valence-electron chi connectivity index (χ4n) is 2.63. The van der Waals surface area contributed by atoms with Gasteiger partial charge in [-0.25, -0.2) is 0 Å². The van der Waals surface area contributed by atoms with Crippen molar-refractivity contribution in [2.75, 3.05) is 26.2 Å². The number of aromatic nitrogens is 2. The Labute approximate surface area is 109 Å². The molecule has 5 nitrogen and oxygen atoms in total. The van der Waals surface area contributed by atoms with Crippen molar-refractivity contribution >= 4 is 0 Å². The van der Waals surface area contributed by atoms with Crippen molar-refractivity contribution in [2.24, 2.45) is 12.8 Å². The molecular formula is C13H24N4O. The Morgan fingerprint density at radius 1 is 1.67 bits per heavy atom. The maximum atomic E-state index is 5.95. The highest BCUT2D eigenvalue weighted by molar-refractivity contribution is 5.11. The van der Waals surface area contributed by atoms with Crippen molar-refractivity contribution in [1.82, 2.24) is 14.7 Å². The standard InChI is InChI=1S/C13H24N4O/c1-3-17(10-12-5-4-6-18-12)13(7-14)11-8-15-16(2)9-11/h8-9,12-13H,3-7,10,14H2,1-2H3. The molecule has 2 unspecified atom stereocenters. The zero-order valence-corrected chi connectivity index (χ0v) is 11.4. The largest absolute Gasteiger partial charge is 0.377 e. The number of hydrogen-bond acceptors (Lipinski definition) is 4. The van der Waals surface area contributed by atoms with Gasteiger partial charge in [-0.15, -0.1) is 0 Å². The van der Waals surface area contributed by atoms with Gasteiger partial charge < -0.3 is 10.5 Å². The molecule has 0 bridgehead atoms. The van der Waals surface area contributed by atoms with Crippen LogP contribution in [0.25, 0.3) is 0 Å². The highest BCUT2D eigenvalue weighted by Gasteiger charge is 2.24. The minimum absolute atomic E-state index is 0.243. The highest BCUT2D eigenvalue weighted by Crippen LogP contribution is 2.22. The first-order chi connectivity index (χ1) is 8.74. The van der Waals surface area contributed by atoms with Gasteiger partial charge in [0.15, 0.2) is 0 Å². The number of likely N-dealkylation sites (N-methyl/N-ethyl adjacent to an activating group) is 1. The number of aryl methyl sites for hydroxylation is 1. The molecule has 0 amide bonds. The summed E-state index contributed by atoms with van der Waals surface area (Å²) >= 11 is 0. The number of rotatable bonds is 6. The fourth-order valence-corrected chi connectivity index (χ4v) is 2.63. The molecule has 2 heterocycles. The minimum atomic E-state index is 0.243. The number of nitrogens with two attached hydrogens (primary N) is 1. The molecule has 102 valence electrons. The van der Waals surface area contributed by atoms with E-state index in [-0.39, 0.29) is 6.04 Å². The normalized spacial score (nSPS) is 21.7. The molecule has 0 saturated carbocycles. The Bertz CT molecular complexity index is 360. The van der Waals surface area contributed by atoms with Gasteiger partial charge in [0, 0.05) is 38.5 Å². The van der Waals surface area contributed by atoms with Gasteiger partial charge in [-0.3, -0.25) is 9.58 Å². The van der Waals surface area contributed by atoms with Crippen LogP contribution in [0.1, 0.15) is 31.4 Å². The SMILES string of the molecule is CCN(CC1CCCO1)C(CN)c1cnn(C)c1. The van der Waals surface area contributed by atoms with Crippen LogP contribution in [0.15, 0.2) is 12.4 Å². The summed E-state index contributed by atoms with van der Waals surface area (Å²) in [5, 5.41) is 4.24. The molecule has 1 fully saturated rings. The van der Waals surface area contributed by atoms with E-state index in [0.29, 0.717) is 12.6 Å². The number of nitrogens with zero attached hydrogens (tertiary/aromatic N) is 3. The molecular weight excluding hydrogens is 228 g/mol.